The first-order valence-electron chi connectivity index (χ1n) is 23.6. The van der Waals surface area contributed by atoms with Gasteiger partial charge in [0.15, 0.2) is 0 Å². The predicted octanol–water partition coefficient (Wildman–Crippen LogP) is 14.5. The highest BCUT2D eigenvalue weighted by molar-refractivity contribution is 5.18. The first-order chi connectivity index (χ1) is 23.6. The lowest BCUT2D eigenvalue weighted by Gasteiger charge is -2.58. The molecule has 280 valence electrons. The molecule has 0 aromatic rings. The Kier molecular flexibility index (Phi) is 10.3. The van der Waals surface area contributed by atoms with E-state index in [1.807, 2.05) is 0 Å². The van der Waals surface area contributed by atoms with E-state index >= 15 is 0 Å². The maximum atomic E-state index is 2.79. The van der Waals surface area contributed by atoms with Crippen LogP contribution in [0.2, 0.25) is 0 Å². The van der Waals surface area contributed by atoms with Gasteiger partial charge in [0, 0.05) is 0 Å². The molecule has 0 bridgehead atoms. The largest absolute Gasteiger partial charge is 0.0651 e. The molecule has 0 N–H and O–H groups in total. The van der Waals surface area contributed by atoms with Gasteiger partial charge in [0.05, 0.1) is 0 Å². The second-order valence-corrected chi connectivity index (χ2v) is 22.6. The Morgan fingerprint density at radius 1 is 0.531 bits per heavy atom. The zero-order chi connectivity index (χ0) is 34.2. The van der Waals surface area contributed by atoms with Crippen LogP contribution in [0.4, 0.5) is 0 Å². The third-order valence-electron chi connectivity index (χ3n) is 20.0. The number of rotatable bonds is 7. The molecule has 15 unspecified atom stereocenters. The summed E-state index contributed by atoms with van der Waals surface area (Å²) in [7, 11) is 0. The fourth-order valence-corrected chi connectivity index (χ4v) is 18.6. The van der Waals surface area contributed by atoms with Gasteiger partial charge in [-0.05, 0) is 188 Å². The summed E-state index contributed by atoms with van der Waals surface area (Å²) < 4.78 is 0. The Labute approximate surface area is 306 Å². The van der Waals surface area contributed by atoms with Crippen LogP contribution in [0.1, 0.15) is 190 Å². The van der Waals surface area contributed by atoms with Crippen LogP contribution in [0, 0.1) is 117 Å². The lowest BCUT2D eigenvalue weighted by atomic mass is 9.47. The molecule has 0 nitrogen and oxygen atoms in total. The molecule has 0 aromatic carbocycles. The highest BCUT2D eigenvalue weighted by atomic mass is 14.7. The van der Waals surface area contributed by atoms with Gasteiger partial charge in [0.1, 0.15) is 0 Å². The van der Waals surface area contributed by atoms with Crippen LogP contribution in [0.5, 0.6) is 0 Å². The Balaban J connectivity index is 1.22. The van der Waals surface area contributed by atoms with Crippen molar-refractivity contribution >= 4 is 0 Å². The second kappa shape index (κ2) is 14.0. The van der Waals surface area contributed by atoms with Crippen molar-refractivity contribution in [2.75, 3.05) is 0 Å². The van der Waals surface area contributed by atoms with Gasteiger partial charge < -0.3 is 0 Å². The van der Waals surface area contributed by atoms with E-state index in [1.165, 1.54) is 32.1 Å². The fourth-order valence-electron chi connectivity index (χ4n) is 18.6. The van der Waals surface area contributed by atoms with Crippen LogP contribution in [0.3, 0.4) is 0 Å². The van der Waals surface area contributed by atoms with Crippen molar-refractivity contribution in [1.82, 2.24) is 0 Å². The van der Waals surface area contributed by atoms with Gasteiger partial charge in [-0.15, -0.1) is 0 Å². The molecule has 0 radical (unpaired) electrons. The normalized spacial score (nSPS) is 50.8. The van der Waals surface area contributed by atoms with Crippen molar-refractivity contribution in [3.8, 4) is 0 Å². The third-order valence-corrected chi connectivity index (χ3v) is 20.0. The molecule has 0 aromatic heterocycles. The standard InChI is InChI=1S/C49H84/c1-9-31(10-2)41-28-49(29-42(30(41)5)32(11-3)12-4)43-23-21-38-36(27-48(6,7)8)18-15-19-39(38)46(43)47-44(49)22-20-35-25-37-24-33-16-13-14-17-34(33)26-40(37)45(35)47/h30-47H,9-29H2,1-8H3. The van der Waals surface area contributed by atoms with E-state index in [2.05, 4.69) is 55.4 Å². The van der Waals surface area contributed by atoms with E-state index in [1.54, 1.807) is 103 Å². The summed E-state index contributed by atoms with van der Waals surface area (Å²) in [5, 5.41) is 0. The molecule has 0 heterocycles. The van der Waals surface area contributed by atoms with Gasteiger partial charge in [-0.3, -0.25) is 0 Å². The number of fused-ring (bicyclic) bond motifs is 12. The van der Waals surface area contributed by atoms with Gasteiger partial charge in [-0.1, -0.05) is 120 Å². The van der Waals surface area contributed by atoms with E-state index in [4.69, 9.17) is 0 Å². The Morgan fingerprint density at radius 2 is 1.12 bits per heavy atom. The van der Waals surface area contributed by atoms with Crippen LogP contribution in [-0.4, -0.2) is 0 Å². The van der Waals surface area contributed by atoms with Crippen molar-refractivity contribution in [2.45, 2.75) is 190 Å². The van der Waals surface area contributed by atoms with Gasteiger partial charge in [-0.25, -0.2) is 0 Å². The summed E-state index contributed by atoms with van der Waals surface area (Å²) >= 11 is 0. The molecule has 15 atom stereocenters. The number of hydrogen-bond acceptors (Lipinski definition) is 0. The maximum Gasteiger partial charge on any atom is -0.0230 e. The first kappa shape index (κ1) is 36.0. The summed E-state index contributed by atoms with van der Waals surface area (Å²) in [5.74, 6) is 19.0. The molecule has 8 saturated carbocycles. The van der Waals surface area contributed by atoms with Crippen LogP contribution in [0.25, 0.3) is 0 Å². The minimum atomic E-state index is 0.487. The zero-order valence-electron chi connectivity index (χ0n) is 34.2. The molecule has 8 aliphatic rings. The quantitative estimate of drug-likeness (QED) is 0.252. The smallest absolute Gasteiger partial charge is 0.0230 e. The summed E-state index contributed by atoms with van der Waals surface area (Å²) in [4.78, 5) is 0. The SMILES string of the molecule is CCC(CC)C1CC2(CC(C(CC)CC)C1C)C1CCC3C(CC(C)(C)C)CCCC3C1C1C3C(CCC12)CC1CC2CCCCC2CC13. The van der Waals surface area contributed by atoms with Gasteiger partial charge in [0.25, 0.3) is 0 Å². The molecule has 8 rings (SSSR count). The van der Waals surface area contributed by atoms with Crippen LogP contribution in [-0.2, 0) is 0 Å². The second-order valence-electron chi connectivity index (χ2n) is 22.6. The van der Waals surface area contributed by atoms with Crippen molar-refractivity contribution in [1.29, 1.82) is 0 Å². The van der Waals surface area contributed by atoms with Crippen molar-refractivity contribution < 1.29 is 0 Å². The molecule has 0 aliphatic heterocycles. The summed E-state index contributed by atoms with van der Waals surface area (Å²) in [6.07, 6.45) is 33.0. The van der Waals surface area contributed by atoms with E-state index in [-0.39, 0.29) is 0 Å². The van der Waals surface area contributed by atoms with E-state index in [0.29, 0.717) is 10.8 Å². The fraction of sp³-hybridized carbons (Fsp3) is 1.00. The molecular formula is C49H84. The molecule has 8 aliphatic carbocycles. The Hall–Kier alpha value is 0. The molecule has 0 amide bonds. The zero-order valence-corrected chi connectivity index (χ0v) is 34.2. The lowest BCUT2D eigenvalue weighted by molar-refractivity contribution is -0.0893. The Bertz CT molecular complexity index is 1080. The minimum absolute atomic E-state index is 0.487. The topological polar surface area (TPSA) is 0 Å². The van der Waals surface area contributed by atoms with E-state index in [0.717, 1.165) is 107 Å². The molecule has 1 spiro atoms. The van der Waals surface area contributed by atoms with Crippen LogP contribution >= 0.6 is 0 Å². The third kappa shape index (κ3) is 6.01. The Morgan fingerprint density at radius 3 is 1.76 bits per heavy atom. The van der Waals surface area contributed by atoms with Gasteiger partial charge in [0.2, 0.25) is 0 Å². The molecule has 0 heteroatoms. The lowest BCUT2D eigenvalue weighted by Crippen LogP contribution is -2.50. The van der Waals surface area contributed by atoms with Crippen molar-refractivity contribution in [3.05, 3.63) is 0 Å². The summed E-state index contributed by atoms with van der Waals surface area (Å²) in [6, 6.07) is 0. The van der Waals surface area contributed by atoms with Crippen LogP contribution in [0.15, 0.2) is 0 Å². The van der Waals surface area contributed by atoms with Crippen molar-refractivity contribution in [3.63, 3.8) is 0 Å². The van der Waals surface area contributed by atoms with E-state index < -0.39 is 0 Å². The average molecular weight is 673 g/mol. The predicted molar refractivity (Wildman–Crippen MR) is 210 cm³/mol. The monoisotopic (exact) mass is 673 g/mol. The molecule has 49 heavy (non-hydrogen) atoms. The minimum Gasteiger partial charge on any atom is -0.0651 e. The highest BCUT2D eigenvalue weighted by Crippen LogP contribution is 2.77. The molecule has 0 saturated heterocycles. The maximum absolute atomic E-state index is 2.79. The average Bonchev–Trinajstić information content (AvgIpc) is 3.58. The van der Waals surface area contributed by atoms with Gasteiger partial charge >= 0.3 is 0 Å². The van der Waals surface area contributed by atoms with Crippen LogP contribution < -0.4 is 0 Å². The first-order valence-corrected chi connectivity index (χ1v) is 23.6. The summed E-state index contributed by atoms with van der Waals surface area (Å²) in [6.45, 7) is 20.8. The van der Waals surface area contributed by atoms with E-state index in [9.17, 15) is 0 Å². The number of hydrogen-bond donors (Lipinski definition) is 0. The molecular weight excluding hydrogens is 589 g/mol. The summed E-state index contributed by atoms with van der Waals surface area (Å²) in [5.41, 5.74) is 1.16. The van der Waals surface area contributed by atoms with Crippen molar-refractivity contribution in [2.24, 2.45) is 117 Å². The van der Waals surface area contributed by atoms with Gasteiger partial charge in [-0.2, -0.15) is 0 Å². The molecule has 8 fully saturated rings. The highest BCUT2D eigenvalue weighted by Gasteiger charge is 2.70.